The van der Waals surface area contributed by atoms with Crippen LogP contribution in [0.25, 0.3) is 0 Å². The fraction of sp³-hybridized carbons (Fsp3) is 0.286. The summed E-state index contributed by atoms with van der Waals surface area (Å²) in [4.78, 5) is 0. The molecule has 0 aromatic heterocycles. The zero-order valence-electron chi connectivity index (χ0n) is 5.09. The van der Waals surface area contributed by atoms with Crippen LogP contribution >= 0.6 is 0 Å². The van der Waals surface area contributed by atoms with E-state index in [0.717, 1.165) is 6.42 Å². The van der Waals surface area contributed by atoms with Crippen molar-refractivity contribution in [3.8, 4) is 0 Å². The molecule has 46 valence electrons. The average Bonchev–Trinajstić information content (AvgIpc) is 2.33. The lowest BCUT2D eigenvalue weighted by Crippen LogP contribution is -2.77. The molecule has 0 fully saturated rings. The number of nitrogens with one attached hydrogen (secondary N) is 2. The Morgan fingerprint density at radius 1 is 1.67 bits per heavy atom. The third-order valence-electron chi connectivity index (χ3n) is 1.70. The Morgan fingerprint density at radius 2 is 2.67 bits per heavy atom. The second kappa shape index (κ2) is 1.72. The lowest BCUT2D eigenvalue weighted by molar-refractivity contribution is -0.517. The Bertz CT molecular complexity index is 201. The molecule has 2 nitrogen and oxygen atoms in total. The predicted molar refractivity (Wildman–Crippen MR) is 35.8 cm³/mol. The molecule has 1 unspecified atom stereocenters. The summed E-state index contributed by atoms with van der Waals surface area (Å²) in [5.41, 5.74) is 4.49. The highest BCUT2D eigenvalue weighted by Gasteiger charge is 2.20. The van der Waals surface area contributed by atoms with E-state index in [-0.39, 0.29) is 0 Å². The smallest absolute Gasteiger partial charge is 0.192 e. The van der Waals surface area contributed by atoms with E-state index in [2.05, 4.69) is 28.8 Å². The van der Waals surface area contributed by atoms with Gasteiger partial charge < -0.3 is 0 Å². The lowest BCUT2D eigenvalue weighted by atomic mass is 10.0. The maximum Gasteiger partial charge on any atom is 0.196 e. The Morgan fingerprint density at radius 3 is 3.56 bits per heavy atom. The van der Waals surface area contributed by atoms with Gasteiger partial charge in [0.1, 0.15) is 6.04 Å². The molecule has 0 saturated heterocycles. The van der Waals surface area contributed by atoms with Crippen LogP contribution in [0.5, 0.6) is 0 Å². The molecule has 1 atom stereocenters. The van der Waals surface area contributed by atoms with Crippen LogP contribution in [-0.2, 0) is 0 Å². The number of allylic oxidation sites excluding steroid dienone is 2. The van der Waals surface area contributed by atoms with Crippen LogP contribution in [0.2, 0.25) is 0 Å². The van der Waals surface area contributed by atoms with E-state index in [4.69, 9.17) is 0 Å². The molecule has 2 heteroatoms. The van der Waals surface area contributed by atoms with E-state index in [1.165, 1.54) is 5.57 Å². The van der Waals surface area contributed by atoms with Gasteiger partial charge in [-0.1, -0.05) is 18.2 Å². The molecule has 2 rings (SSSR count). The van der Waals surface area contributed by atoms with Crippen molar-refractivity contribution >= 4 is 6.21 Å². The molecule has 1 aliphatic heterocycles. The first-order valence-electron chi connectivity index (χ1n) is 3.18. The number of hydrogen-bond donors (Lipinski definition) is 2. The van der Waals surface area contributed by atoms with Crippen molar-refractivity contribution in [3.05, 3.63) is 23.8 Å². The van der Waals surface area contributed by atoms with Crippen molar-refractivity contribution in [2.75, 3.05) is 0 Å². The molecule has 0 amide bonds. The Hall–Kier alpha value is -1.05. The van der Waals surface area contributed by atoms with E-state index >= 15 is 0 Å². The predicted octanol–water partition coefficient (Wildman–Crippen LogP) is -1.09. The van der Waals surface area contributed by atoms with Crippen molar-refractivity contribution in [1.29, 1.82) is 0 Å². The zero-order valence-corrected chi connectivity index (χ0v) is 5.09. The summed E-state index contributed by atoms with van der Waals surface area (Å²) in [7, 11) is 0. The van der Waals surface area contributed by atoms with Crippen LogP contribution in [0.3, 0.4) is 0 Å². The summed E-state index contributed by atoms with van der Waals surface area (Å²) in [6.45, 7) is 0. The summed E-state index contributed by atoms with van der Waals surface area (Å²) < 4.78 is 0. The molecule has 2 aliphatic rings. The van der Waals surface area contributed by atoms with Crippen molar-refractivity contribution < 1.29 is 5.10 Å². The number of hydrazine groups is 1. The highest BCUT2D eigenvalue weighted by molar-refractivity contribution is 5.77. The van der Waals surface area contributed by atoms with Gasteiger partial charge in [-0.2, -0.15) is 5.43 Å². The van der Waals surface area contributed by atoms with Gasteiger partial charge in [-0.25, -0.2) is 0 Å². The first kappa shape index (κ1) is 4.79. The normalized spacial score (nSPS) is 29.3. The van der Waals surface area contributed by atoms with Crippen LogP contribution in [0, 0.1) is 0 Å². The third kappa shape index (κ3) is 0.669. The van der Waals surface area contributed by atoms with Gasteiger partial charge in [0, 0.05) is 5.57 Å². The fourth-order valence-electron chi connectivity index (χ4n) is 1.16. The Balaban J connectivity index is 2.31. The average molecular weight is 121 g/mol. The minimum absolute atomic E-state index is 0.523. The van der Waals surface area contributed by atoms with Crippen LogP contribution in [-0.4, -0.2) is 12.3 Å². The van der Waals surface area contributed by atoms with Crippen molar-refractivity contribution in [2.45, 2.75) is 12.5 Å². The van der Waals surface area contributed by atoms with E-state index < -0.39 is 0 Å². The van der Waals surface area contributed by atoms with E-state index in [1.807, 2.05) is 6.21 Å². The molecule has 0 saturated carbocycles. The van der Waals surface area contributed by atoms with Gasteiger partial charge in [-0.15, -0.1) is 5.10 Å². The van der Waals surface area contributed by atoms with Crippen molar-refractivity contribution in [2.24, 2.45) is 0 Å². The number of rotatable bonds is 0. The quantitative estimate of drug-likeness (QED) is 0.418. The monoisotopic (exact) mass is 121 g/mol. The summed E-state index contributed by atoms with van der Waals surface area (Å²) in [6.07, 6.45) is 9.50. The Labute approximate surface area is 54.0 Å². The maximum atomic E-state index is 3.13. The highest BCUT2D eigenvalue weighted by atomic mass is 15.3. The standard InChI is InChI=1S/C7H8N2/c1-2-4-7-6(3-1)5-8-9-7/h1-3,5,7,9H,4H2/p+1. The number of fused-ring (bicyclic) bond motifs is 1. The fourth-order valence-corrected chi connectivity index (χ4v) is 1.16. The molecule has 1 aliphatic carbocycles. The van der Waals surface area contributed by atoms with Crippen molar-refractivity contribution in [1.82, 2.24) is 5.43 Å². The second-order valence-electron chi connectivity index (χ2n) is 2.32. The van der Waals surface area contributed by atoms with E-state index in [9.17, 15) is 0 Å². The molecule has 0 radical (unpaired) electrons. The van der Waals surface area contributed by atoms with Crippen LogP contribution in [0.4, 0.5) is 0 Å². The molecule has 9 heavy (non-hydrogen) atoms. The lowest BCUT2D eigenvalue weighted by Gasteiger charge is -2.06. The molecular formula is C7H9N2+. The van der Waals surface area contributed by atoms with Gasteiger partial charge in [0.05, 0.1) is 0 Å². The Kier molecular flexibility index (Phi) is 0.918. The minimum Gasteiger partial charge on any atom is -0.192 e. The SMILES string of the molecule is C1=CCC2N[NH+]=CC2=C1. The minimum atomic E-state index is 0.523. The summed E-state index contributed by atoms with van der Waals surface area (Å²) in [5, 5.41) is 2.98. The molecule has 0 bridgehead atoms. The summed E-state index contributed by atoms with van der Waals surface area (Å²) in [6, 6.07) is 0.523. The van der Waals surface area contributed by atoms with Gasteiger partial charge in [-0.05, 0) is 6.42 Å². The van der Waals surface area contributed by atoms with Gasteiger partial charge in [0.25, 0.3) is 0 Å². The molecule has 0 spiro atoms. The third-order valence-corrected chi connectivity index (χ3v) is 1.70. The molecule has 1 heterocycles. The van der Waals surface area contributed by atoms with Gasteiger partial charge in [0.15, 0.2) is 6.21 Å². The second-order valence-corrected chi connectivity index (χ2v) is 2.32. The zero-order chi connectivity index (χ0) is 6.10. The first-order chi connectivity index (χ1) is 4.47. The largest absolute Gasteiger partial charge is 0.196 e. The van der Waals surface area contributed by atoms with Gasteiger partial charge in [0.2, 0.25) is 0 Å². The maximum absolute atomic E-state index is 3.13. The molecular weight excluding hydrogens is 112 g/mol. The van der Waals surface area contributed by atoms with Crippen LogP contribution < -0.4 is 10.5 Å². The summed E-state index contributed by atoms with van der Waals surface area (Å²) >= 11 is 0. The van der Waals surface area contributed by atoms with Gasteiger partial charge >= 0.3 is 0 Å². The highest BCUT2D eigenvalue weighted by Crippen LogP contribution is 2.09. The van der Waals surface area contributed by atoms with E-state index in [0.29, 0.717) is 6.04 Å². The molecule has 2 N–H and O–H groups in total. The van der Waals surface area contributed by atoms with Crippen LogP contribution in [0.1, 0.15) is 6.42 Å². The summed E-state index contributed by atoms with van der Waals surface area (Å²) in [5.74, 6) is 0. The van der Waals surface area contributed by atoms with Crippen molar-refractivity contribution in [3.63, 3.8) is 0 Å². The first-order valence-corrected chi connectivity index (χ1v) is 3.18. The topological polar surface area (TPSA) is 26.0 Å². The van der Waals surface area contributed by atoms with Crippen LogP contribution in [0.15, 0.2) is 23.8 Å². The molecule has 0 aromatic rings. The molecule has 0 aromatic carbocycles. The van der Waals surface area contributed by atoms with Gasteiger partial charge in [-0.3, -0.25) is 0 Å². The number of hydrogen-bond acceptors (Lipinski definition) is 1. The number of hydrazone groups is 1. The van der Waals surface area contributed by atoms with E-state index in [1.54, 1.807) is 0 Å².